The molecule has 1 rings (SSSR count). The van der Waals surface area contributed by atoms with Crippen molar-refractivity contribution >= 4 is 11.9 Å². The first kappa shape index (κ1) is 13.0. The van der Waals surface area contributed by atoms with Gasteiger partial charge in [0.05, 0.1) is 12.5 Å². The van der Waals surface area contributed by atoms with E-state index in [1.165, 1.54) is 0 Å². The van der Waals surface area contributed by atoms with Crippen LogP contribution >= 0.6 is 0 Å². The Hall–Kier alpha value is -1.10. The zero-order valence-corrected chi connectivity index (χ0v) is 10.1. The Labute approximate surface area is 96.0 Å². The van der Waals surface area contributed by atoms with Crippen molar-refractivity contribution in [3.63, 3.8) is 0 Å². The second-order valence-corrected chi connectivity index (χ2v) is 4.53. The largest absolute Gasteiger partial charge is 0.481 e. The maximum absolute atomic E-state index is 12.0. The Balaban J connectivity index is 2.87. The van der Waals surface area contributed by atoms with E-state index in [9.17, 15) is 9.59 Å². The fourth-order valence-corrected chi connectivity index (χ4v) is 2.28. The van der Waals surface area contributed by atoms with E-state index < -0.39 is 12.0 Å². The predicted molar refractivity (Wildman–Crippen MR) is 60.1 cm³/mol. The summed E-state index contributed by atoms with van der Waals surface area (Å²) in [6.07, 6.45) is -0.107. The monoisotopic (exact) mass is 228 g/mol. The molecule has 92 valence electrons. The molecule has 0 aromatic rings. The summed E-state index contributed by atoms with van der Waals surface area (Å²) in [4.78, 5) is 26.4. The zero-order valence-electron chi connectivity index (χ0n) is 10.1. The Morgan fingerprint density at radius 1 is 1.50 bits per heavy atom. The SMILES string of the molecule is CCN1CC(C)CN(C)C(=O)C1CC(=O)O. The molecule has 1 N–H and O–H groups in total. The molecule has 2 unspecified atom stereocenters. The second kappa shape index (κ2) is 5.30. The minimum absolute atomic E-state index is 0.0754. The fourth-order valence-electron chi connectivity index (χ4n) is 2.28. The Kier molecular flexibility index (Phi) is 4.29. The summed E-state index contributed by atoms with van der Waals surface area (Å²) in [5.41, 5.74) is 0. The lowest BCUT2D eigenvalue weighted by Crippen LogP contribution is -2.45. The van der Waals surface area contributed by atoms with Gasteiger partial charge in [0.25, 0.3) is 0 Å². The number of carboxylic acid groups (broad SMARTS) is 1. The van der Waals surface area contributed by atoms with Crippen LogP contribution in [-0.2, 0) is 9.59 Å². The first-order chi connectivity index (χ1) is 7.45. The van der Waals surface area contributed by atoms with E-state index in [2.05, 4.69) is 6.92 Å². The van der Waals surface area contributed by atoms with Gasteiger partial charge in [0.2, 0.25) is 5.91 Å². The van der Waals surface area contributed by atoms with Crippen molar-refractivity contribution in [2.75, 3.05) is 26.7 Å². The van der Waals surface area contributed by atoms with Crippen LogP contribution in [0.15, 0.2) is 0 Å². The number of carbonyl (C=O) groups excluding carboxylic acids is 1. The highest BCUT2D eigenvalue weighted by Gasteiger charge is 2.33. The van der Waals surface area contributed by atoms with E-state index in [0.717, 1.165) is 6.54 Å². The van der Waals surface area contributed by atoms with Crippen molar-refractivity contribution in [3.05, 3.63) is 0 Å². The highest BCUT2D eigenvalue weighted by atomic mass is 16.4. The van der Waals surface area contributed by atoms with Gasteiger partial charge < -0.3 is 10.0 Å². The average Bonchev–Trinajstić information content (AvgIpc) is 2.29. The number of hydrogen-bond donors (Lipinski definition) is 1. The van der Waals surface area contributed by atoms with Gasteiger partial charge in [0.1, 0.15) is 0 Å². The molecule has 1 fully saturated rings. The van der Waals surface area contributed by atoms with Crippen LogP contribution < -0.4 is 0 Å². The average molecular weight is 228 g/mol. The van der Waals surface area contributed by atoms with Crippen LogP contribution in [0.2, 0.25) is 0 Å². The Bertz CT molecular complexity index is 280. The van der Waals surface area contributed by atoms with Crippen molar-refractivity contribution in [2.24, 2.45) is 5.92 Å². The number of carbonyl (C=O) groups is 2. The fraction of sp³-hybridized carbons (Fsp3) is 0.818. The normalized spacial score (nSPS) is 27.9. The Morgan fingerprint density at radius 3 is 2.62 bits per heavy atom. The number of rotatable bonds is 3. The maximum atomic E-state index is 12.0. The van der Waals surface area contributed by atoms with Gasteiger partial charge in [-0.15, -0.1) is 0 Å². The molecular weight excluding hydrogens is 208 g/mol. The van der Waals surface area contributed by atoms with Crippen LogP contribution in [0.4, 0.5) is 0 Å². The third kappa shape index (κ3) is 2.95. The van der Waals surface area contributed by atoms with Gasteiger partial charge in [0, 0.05) is 20.1 Å². The van der Waals surface area contributed by atoms with E-state index in [0.29, 0.717) is 19.0 Å². The lowest BCUT2D eigenvalue weighted by Gasteiger charge is -2.27. The standard InChI is InChI=1S/C11H20N2O3/c1-4-13-7-8(2)6-12(3)11(16)9(13)5-10(14)15/h8-9H,4-7H2,1-3H3,(H,14,15). The van der Waals surface area contributed by atoms with Gasteiger partial charge in [-0.1, -0.05) is 13.8 Å². The number of amides is 1. The summed E-state index contributed by atoms with van der Waals surface area (Å²) in [7, 11) is 1.74. The molecule has 5 nitrogen and oxygen atoms in total. The number of nitrogens with zero attached hydrogens (tertiary/aromatic N) is 2. The molecule has 0 saturated carbocycles. The minimum atomic E-state index is -0.917. The molecule has 1 aliphatic rings. The molecule has 0 bridgehead atoms. The van der Waals surface area contributed by atoms with Crippen LogP contribution in [0.1, 0.15) is 20.3 Å². The van der Waals surface area contributed by atoms with E-state index in [-0.39, 0.29) is 12.3 Å². The van der Waals surface area contributed by atoms with Gasteiger partial charge >= 0.3 is 5.97 Å². The maximum Gasteiger partial charge on any atom is 0.305 e. The summed E-state index contributed by atoms with van der Waals surface area (Å²) in [6, 6.07) is -0.502. The molecule has 1 aliphatic heterocycles. The van der Waals surface area contributed by atoms with Crippen LogP contribution in [0.5, 0.6) is 0 Å². The van der Waals surface area contributed by atoms with Gasteiger partial charge in [-0.25, -0.2) is 0 Å². The van der Waals surface area contributed by atoms with Crippen molar-refractivity contribution in [1.82, 2.24) is 9.80 Å². The summed E-state index contributed by atoms with van der Waals surface area (Å²) in [5, 5.41) is 8.84. The summed E-state index contributed by atoms with van der Waals surface area (Å²) in [6.45, 7) is 6.23. The molecule has 1 saturated heterocycles. The Morgan fingerprint density at radius 2 is 2.12 bits per heavy atom. The first-order valence-electron chi connectivity index (χ1n) is 5.66. The van der Waals surface area contributed by atoms with Crippen molar-refractivity contribution in [3.8, 4) is 0 Å². The quantitative estimate of drug-likeness (QED) is 0.752. The highest BCUT2D eigenvalue weighted by Crippen LogP contribution is 2.16. The molecule has 1 heterocycles. The van der Waals surface area contributed by atoms with E-state index >= 15 is 0 Å². The van der Waals surface area contributed by atoms with Crippen LogP contribution in [0.25, 0.3) is 0 Å². The van der Waals surface area contributed by atoms with Crippen LogP contribution in [-0.4, -0.2) is 59.5 Å². The lowest BCUT2D eigenvalue weighted by molar-refractivity contribution is -0.144. The van der Waals surface area contributed by atoms with E-state index in [1.807, 2.05) is 11.8 Å². The van der Waals surface area contributed by atoms with E-state index in [1.54, 1.807) is 11.9 Å². The molecule has 0 aliphatic carbocycles. The minimum Gasteiger partial charge on any atom is -0.481 e. The van der Waals surface area contributed by atoms with Gasteiger partial charge in [-0.05, 0) is 12.5 Å². The van der Waals surface area contributed by atoms with Gasteiger partial charge in [-0.2, -0.15) is 0 Å². The van der Waals surface area contributed by atoms with E-state index in [4.69, 9.17) is 5.11 Å². The molecule has 0 aromatic carbocycles. The number of carboxylic acids is 1. The van der Waals surface area contributed by atoms with Crippen LogP contribution in [0.3, 0.4) is 0 Å². The molecule has 0 radical (unpaired) electrons. The third-order valence-corrected chi connectivity index (χ3v) is 3.01. The summed E-state index contributed by atoms with van der Waals surface area (Å²) >= 11 is 0. The molecule has 0 spiro atoms. The van der Waals surface area contributed by atoms with Crippen molar-refractivity contribution < 1.29 is 14.7 Å². The molecule has 16 heavy (non-hydrogen) atoms. The number of aliphatic carboxylic acids is 1. The smallest absolute Gasteiger partial charge is 0.305 e. The number of hydrogen-bond acceptors (Lipinski definition) is 3. The summed E-state index contributed by atoms with van der Waals surface area (Å²) < 4.78 is 0. The highest BCUT2D eigenvalue weighted by molar-refractivity contribution is 5.86. The molecule has 5 heteroatoms. The van der Waals surface area contributed by atoms with Crippen molar-refractivity contribution in [2.45, 2.75) is 26.3 Å². The lowest BCUT2D eigenvalue weighted by atomic mass is 10.1. The first-order valence-corrected chi connectivity index (χ1v) is 5.66. The second-order valence-electron chi connectivity index (χ2n) is 4.53. The molecule has 1 amide bonds. The number of likely N-dealkylation sites (N-methyl/N-ethyl adjacent to an activating group) is 2. The topological polar surface area (TPSA) is 60.9 Å². The third-order valence-electron chi connectivity index (χ3n) is 3.01. The van der Waals surface area contributed by atoms with Crippen molar-refractivity contribution in [1.29, 1.82) is 0 Å². The zero-order chi connectivity index (χ0) is 12.3. The predicted octanol–water partition coefficient (Wildman–Crippen LogP) is 0.260. The molecule has 2 atom stereocenters. The van der Waals surface area contributed by atoms with Gasteiger partial charge in [0.15, 0.2) is 0 Å². The molecular formula is C11H20N2O3. The summed E-state index contributed by atoms with van der Waals surface area (Å²) in [5.74, 6) is -0.610. The van der Waals surface area contributed by atoms with Gasteiger partial charge in [-0.3, -0.25) is 14.5 Å². The van der Waals surface area contributed by atoms with Crippen LogP contribution in [0, 0.1) is 5.92 Å². The molecule has 0 aromatic heterocycles.